The van der Waals surface area contributed by atoms with E-state index in [0.717, 1.165) is 10.4 Å². The van der Waals surface area contributed by atoms with Crippen LogP contribution in [0, 0.1) is 12.7 Å². The van der Waals surface area contributed by atoms with Gasteiger partial charge < -0.3 is 14.8 Å². The highest BCUT2D eigenvalue weighted by molar-refractivity contribution is 7.16. The Hall–Kier alpha value is -2.41. The van der Waals surface area contributed by atoms with Gasteiger partial charge in [-0.25, -0.2) is 9.18 Å². The van der Waals surface area contributed by atoms with Gasteiger partial charge in [0, 0.05) is 4.88 Å². The number of halogens is 1. The van der Waals surface area contributed by atoms with Gasteiger partial charge in [0.05, 0.1) is 12.2 Å². The monoisotopic (exact) mass is 365 g/mol. The molecular weight excluding hydrogens is 345 g/mol. The highest BCUT2D eigenvalue weighted by atomic mass is 32.1. The molecule has 25 heavy (non-hydrogen) atoms. The standard InChI is InChI=1S/C18H20FNO4S/c1-4-12-11(3)25-17(16(12)18(22)23-5-2)20-15(21)10-24-14-9-7-6-8-13(14)19/h6-9H,4-5,10H2,1-3H3,(H,20,21). The van der Waals surface area contributed by atoms with Gasteiger partial charge in [-0.05, 0) is 38.0 Å². The van der Waals surface area contributed by atoms with Gasteiger partial charge in [0.25, 0.3) is 5.91 Å². The number of ether oxygens (including phenoxy) is 2. The molecule has 0 radical (unpaired) electrons. The first kappa shape index (κ1) is 18.9. The van der Waals surface area contributed by atoms with E-state index in [1.54, 1.807) is 13.0 Å². The van der Waals surface area contributed by atoms with Gasteiger partial charge in [0.1, 0.15) is 5.00 Å². The predicted octanol–water partition coefficient (Wildman–Crippen LogP) is 3.95. The summed E-state index contributed by atoms with van der Waals surface area (Å²) in [4.78, 5) is 25.3. The number of amides is 1. The number of carbonyl (C=O) groups excluding carboxylic acids is 2. The molecule has 0 aliphatic carbocycles. The van der Waals surface area contributed by atoms with Crippen LogP contribution in [0.3, 0.4) is 0 Å². The fourth-order valence-corrected chi connectivity index (χ4v) is 3.53. The Labute approximate surface area is 149 Å². The van der Waals surface area contributed by atoms with Crippen LogP contribution in [-0.2, 0) is 16.0 Å². The number of rotatable bonds is 7. The highest BCUT2D eigenvalue weighted by Gasteiger charge is 2.23. The maximum Gasteiger partial charge on any atom is 0.341 e. The molecule has 0 fully saturated rings. The number of aryl methyl sites for hydroxylation is 1. The SMILES string of the molecule is CCOC(=O)c1c(NC(=O)COc2ccccc2F)sc(C)c1CC. The summed E-state index contributed by atoms with van der Waals surface area (Å²) in [6.45, 7) is 5.44. The van der Waals surface area contributed by atoms with Crippen LogP contribution in [0.2, 0.25) is 0 Å². The second-order valence-electron chi connectivity index (χ2n) is 5.18. The van der Waals surface area contributed by atoms with Gasteiger partial charge in [-0.15, -0.1) is 11.3 Å². The van der Waals surface area contributed by atoms with Crippen LogP contribution in [0.15, 0.2) is 24.3 Å². The van der Waals surface area contributed by atoms with E-state index in [1.165, 1.54) is 29.5 Å². The molecule has 1 heterocycles. The first-order chi connectivity index (χ1) is 12.0. The molecule has 1 aromatic heterocycles. The lowest BCUT2D eigenvalue weighted by Crippen LogP contribution is -2.21. The molecule has 0 spiro atoms. The summed E-state index contributed by atoms with van der Waals surface area (Å²) in [5, 5.41) is 3.09. The van der Waals surface area contributed by atoms with Gasteiger partial charge in [-0.1, -0.05) is 19.1 Å². The molecule has 5 nitrogen and oxygen atoms in total. The molecule has 134 valence electrons. The second-order valence-corrected chi connectivity index (χ2v) is 6.41. The van der Waals surface area contributed by atoms with Crippen molar-refractivity contribution < 1.29 is 23.5 Å². The summed E-state index contributed by atoms with van der Waals surface area (Å²) in [6, 6.07) is 5.85. The van der Waals surface area contributed by atoms with Crippen molar-refractivity contribution in [3.63, 3.8) is 0 Å². The quantitative estimate of drug-likeness (QED) is 0.755. The molecule has 0 aliphatic rings. The number of nitrogens with one attached hydrogen (secondary N) is 1. The summed E-state index contributed by atoms with van der Waals surface area (Å²) in [6.07, 6.45) is 0.651. The minimum absolute atomic E-state index is 0.000117. The van der Waals surface area contributed by atoms with E-state index in [1.807, 2.05) is 13.8 Å². The van der Waals surface area contributed by atoms with Crippen molar-refractivity contribution >= 4 is 28.2 Å². The second kappa shape index (κ2) is 8.62. The summed E-state index contributed by atoms with van der Waals surface area (Å²) in [5.41, 5.74) is 1.24. The molecule has 2 rings (SSSR count). The first-order valence-corrected chi connectivity index (χ1v) is 8.76. The maximum absolute atomic E-state index is 13.5. The van der Waals surface area contributed by atoms with E-state index in [-0.39, 0.29) is 19.0 Å². The fraction of sp³-hybridized carbons (Fsp3) is 0.333. The molecule has 1 aromatic carbocycles. The number of anilines is 1. The van der Waals surface area contributed by atoms with Crippen LogP contribution >= 0.6 is 11.3 Å². The zero-order chi connectivity index (χ0) is 18.4. The van der Waals surface area contributed by atoms with Gasteiger partial charge in [-0.3, -0.25) is 4.79 Å². The molecule has 7 heteroatoms. The molecule has 0 atom stereocenters. The zero-order valence-corrected chi connectivity index (χ0v) is 15.2. The van der Waals surface area contributed by atoms with Crippen molar-refractivity contribution in [2.24, 2.45) is 0 Å². The van der Waals surface area contributed by atoms with E-state index < -0.39 is 17.7 Å². The number of esters is 1. The normalized spacial score (nSPS) is 10.4. The van der Waals surface area contributed by atoms with Crippen molar-refractivity contribution in [2.45, 2.75) is 27.2 Å². The minimum Gasteiger partial charge on any atom is -0.481 e. The van der Waals surface area contributed by atoms with E-state index in [9.17, 15) is 14.0 Å². The van der Waals surface area contributed by atoms with E-state index in [2.05, 4.69) is 5.32 Å². The number of carbonyl (C=O) groups is 2. The van der Waals surface area contributed by atoms with Crippen molar-refractivity contribution in [1.29, 1.82) is 0 Å². The minimum atomic E-state index is -0.539. The number of hydrogen-bond donors (Lipinski definition) is 1. The first-order valence-electron chi connectivity index (χ1n) is 7.94. The Balaban J connectivity index is 2.12. The van der Waals surface area contributed by atoms with Gasteiger partial charge >= 0.3 is 5.97 Å². The molecular formula is C18H20FNO4S. The fourth-order valence-electron chi connectivity index (χ4n) is 2.38. The Morgan fingerprint density at radius 3 is 2.60 bits per heavy atom. The highest BCUT2D eigenvalue weighted by Crippen LogP contribution is 2.34. The van der Waals surface area contributed by atoms with Crippen LogP contribution in [0.1, 0.15) is 34.6 Å². The average Bonchev–Trinajstić information content (AvgIpc) is 2.89. The number of thiophene rings is 1. The molecule has 0 unspecified atom stereocenters. The van der Waals surface area contributed by atoms with Crippen molar-refractivity contribution in [1.82, 2.24) is 0 Å². The van der Waals surface area contributed by atoms with E-state index in [0.29, 0.717) is 17.0 Å². The predicted molar refractivity (Wildman–Crippen MR) is 94.9 cm³/mol. The molecule has 1 amide bonds. The Morgan fingerprint density at radius 1 is 1.24 bits per heavy atom. The zero-order valence-electron chi connectivity index (χ0n) is 14.3. The van der Waals surface area contributed by atoms with Crippen LogP contribution < -0.4 is 10.1 Å². The van der Waals surface area contributed by atoms with E-state index in [4.69, 9.17) is 9.47 Å². The van der Waals surface area contributed by atoms with Gasteiger partial charge in [0.2, 0.25) is 0 Å². The van der Waals surface area contributed by atoms with Crippen LogP contribution in [0.5, 0.6) is 5.75 Å². The maximum atomic E-state index is 13.5. The van der Waals surface area contributed by atoms with Crippen molar-refractivity contribution in [3.8, 4) is 5.75 Å². The topological polar surface area (TPSA) is 64.6 Å². The number of para-hydroxylation sites is 1. The van der Waals surface area contributed by atoms with Crippen LogP contribution in [0.4, 0.5) is 9.39 Å². The smallest absolute Gasteiger partial charge is 0.341 e. The Kier molecular flexibility index (Phi) is 6.52. The largest absolute Gasteiger partial charge is 0.481 e. The molecule has 2 aromatic rings. The Bertz CT molecular complexity index is 772. The van der Waals surface area contributed by atoms with Gasteiger partial charge in [-0.2, -0.15) is 0 Å². The molecule has 0 bridgehead atoms. The molecule has 0 aliphatic heterocycles. The molecule has 0 saturated heterocycles. The van der Waals surface area contributed by atoms with E-state index >= 15 is 0 Å². The average molecular weight is 365 g/mol. The lowest BCUT2D eigenvalue weighted by atomic mass is 10.1. The number of hydrogen-bond acceptors (Lipinski definition) is 5. The lowest BCUT2D eigenvalue weighted by molar-refractivity contribution is -0.118. The summed E-state index contributed by atoms with van der Waals surface area (Å²) < 4.78 is 23.8. The van der Waals surface area contributed by atoms with Crippen LogP contribution in [0.25, 0.3) is 0 Å². The summed E-state index contributed by atoms with van der Waals surface area (Å²) in [7, 11) is 0. The Morgan fingerprint density at radius 2 is 1.96 bits per heavy atom. The third-order valence-corrected chi connectivity index (χ3v) is 4.55. The van der Waals surface area contributed by atoms with Gasteiger partial charge in [0.15, 0.2) is 18.2 Å². The van der Waals surface area contributed by atoms with Crippen molar-refractivity contribution in [3.05, 3.63) is 46.1 Å². The lowest BCUT2D eigenvalue weighted by Gasteiger charge is -2.09. The van der Waals surface area contributed by atoms with Crippen LogP contribution in [-0.4, -0.2) is 25.1 Å². The van der Waals surface area contributed by atoms with Crippen molar-refractivity contribution in [2.75, 3.05) is 18.5 Å². The molecule has 0 saturated carbocycles. The third-order valence-electron chi connectivity index (χ3n) is 3.49. The third kappa shape index (κ3) is 4.57. The number of benzene rings is 1. The molecule has 1 N–H and O–H groups in total. The summed E-state index contributed by atoms with van der Waals surface area (Å²) >= 11 is 1.31. The summed E-state index contributed by atoms with van der Waals surface area (Å²) in [5.74, 6) is -1.48.